The lowest BCUT2D eigenvalue weighted by molar-refractivity contribution is 0.0512. The summed E-state index contributed by atoms with van der Waals surface area (Å²) in [5, 5.41) is 5.80. The van der Waals surface area contributed by atoms with E-state index in [9.17, 15) is 4.39 Å². The van der Waals surface area contributed by atoms with E-state index in [0.29, 0.717) is 64.8 Å². The molecule has 2 fully saturated rings. The lowest BCUT2D eigenvalue weighted by Crippen LogP contribution is -2.43. The number of pyridine rings is 2. The Hall–Kier alpha value is -5.01. The number of aromatic amines is 1. The van der Waals surface area contributed by atoms with Crippen LogP contribution in [0.1, 0.15) is 37.3 Å². The van der Waals surface area contributed by atoms with Crippen molar-refractivity contribution in [2.45, 2.75) is 50.9 Å². The molecule has 0 spiro atoms. The molecule has 4 aromatic heterocycles. The number of nitrogens with one attached hydrogen (secondary N) is 2. The lowest BCUT2D eigenvalue weighted by Gasteiger charge is -2.30. The number of aryl methyl sites for hydroxylation is 1. The average Bonchev–Trinajstić information content (AvgIpc) is 3.81. The minimum absolute atomic E-state index is 0.0236. The Balaban J connectivity index is 1.25. The van der Waals surface area contributed by atoms with E-state index >= 15 is 8.78 Å². The minimum atomic E-state index is -0.929. The number of halogens is 3. The normalized spacial score (nSPS) is 19.1. The van der Waals surface area contributed by atoms with E-state index < -0.39 is 23.3 Å². The van der Waals surface area contributed by atoms with Crippen LogP contribution in [0.15, 0.2) is 55.0 Å². The van der Waals surface area contributed by atoms with E-state index in [1.807, 2.05) is 25.3 Å². The number of nitrogens with zero attached hydrogens (tertiary/aromatic N) is 5. The van der Waals surface area contributed by atoms with Crippen LogP contribution in [0.4, 0.5) is 19.0 Å². The van der Waals surface area contributed by atoms with Gasteiger partial charge in [-0.3, -0.25) is 9.88 Å². The van der Waals surface area contributed by atoms with Crippen molar-refractivity contribution in [1.29, 1.82) is 0 Å². The number of hydrogen-bond acceptors (Lipinski definition) is 9. The summed E-state index contributed by atoms with van der Waals surface area (Å²) >= 11 is 0. The third kappa shape index (κ3) is 5.63. The van der Waals surface area contributed by atoms with Crippen molar-refractivity contribution in [3.63, 3.8) is 0 Å². The van der Waals surface area contributed by atoms with Gasteiger partial charge < -0.3 is 24.5 Å². The van der Waals surface area contributed by atoms with Gasteiger partial charge in [0.05, 0.1) is 10.9 Å². The zero-order chi connectivity index (χ0) is 34.4. The predicted molar refractivity (Wildman–Crippen MR) is 184 cm³/mol. The average molecular weight is 684 g/mol. The molecule has 0 bridgehead atoms. The number of hydrogen-bond donors (Lipinski definition) is 2. The molecule has 6 aromatic rings. The Morgan fingerprint density at radius 1 is 1.10 bits per heavy atom. The molecule has 6 heterocycles. The summed E-state index contributed by atoms with van der Waals surface area (Å²) < 4.78 is 63.8. The molecule has 258 valence electrons. The van der Waals surface area contributed by atoms with Crippen LogP contribution in [0.5, 0.6) is 11.8 Å². The van der Waals surface area contributed by atoms with Gasteiger partial charge in [-0.05, 0) is 78.0 Å². The second kappa shape index (κ2) is 13.0. The summed E-state index contributed by atoms with van der Waals surface area (Å²) in [6, 6.07) is 10.2. The van der Waals surface area contributed by atoms with Crippen LogP contribution in [0.3, 0.4) is 0 Å². The number of alkyl halides is 1. The van der Waals surface area contributed by atoms with Crippen LogP contribution < -0.4 is 14.8 Å². The van der Waals surface area contributed by atoms with Crippen LogP contribution in [-0.2, 0) is 17.7 Å². The number of anilines is 1. The topological polar surface area (TPSA) is 110 Å². The van der Waals surface area contributed by atoms with E-state index in [0.717, 1.165) is 36.0 Å². The molecule has 0 aliphatic carbocycles. The maximum absolute atomic E-state index is 17.0. The Morgan fingerprint density at radius 2 is 2.00 bits per heavy atom. The van der Waals surface area contributed by atoms with Crippen molar-refractivity contribution in [3.8, 4) is 23.0 Å². The van der Waals surface area contributed by atoms with Gasteiger partial charge in [0.1, 0.15) is 47.0 Å². The zero-order valence-electron chi connectivity index (χ0n) is 27.7. The lowest BCUT2D eigenvalue weighted by atomic mass is 9.94. The van der Waals surface area contributed by atoms with Gasteiger partial charge in [0, 0.05) is 56.2 Å². The largest absolute Gasteiger partial charge is 0.468 e. The SMILES string of the molecule is CCc1c(F)ccc2cc(OCOC)cc(-c3ncc4c(NCc5c[nH]c6ncccc56)nc(OC[C@@]56CCCN5C[C@H](F)C6)nc4c3F)c12. The number of rotatable bonds is 11. The molecule has 0 amide bonds. The summed E-state index contributed by atoms with van der Waals surface area (Å²) in [6.07, 6.45) is 6.65. The molecular formula is C37H36F3N7O3. The summed E-state index contributed by atoms with van der Waals surface area (Å²) in [5.74, 6) is -0.391. The van der Waals surface area contributed by atoms with Gasteiger partial charge in [0.2, 0.25) is 0 Å². The number of ether oxygens (including phenoxy) is 3. The quantitative estimate of drug-likeness (QED) is 0.138. The fourth-order valence-corrected chi connectivity index (χ4v) is 7.64. The molecule has 2 aromatic carbocycles. The molecule has 0 radical (unpaired) electrons. The smallest absolute Gasteiger partial charge is 0.319 e. The third-order valence-corrected chi connectivity index (χ3v) is 9.97. The molecule has 2 aliphatic heterocycles. The van der Waals surface area contributed by atoms with E-state index in [-0.39, 0.29) is 30.6 Å². The standard InChI is InChI=1S/C37H36F3N7O3/c1-3-25-29(39)8-7-21-12-24(50-20-48-2)13-27(30(21)25)32-31(40)33-28(17-42-32)35(44-16-22-15-43-34-26(22)6-4-10-41-34)46-36(45-33)49-19-37-9-5-11-47(37)18-23(38)14-37/h4,6-8,10,12-13,15,17,23H,3,5,9,11,14,16,18-20H2,1-2H3,(H,41,43)(H,44,45,46)/t23-,37+/m1/s1. The Labute approximate surface area is 286 Å². The molecule has 2 N–H and O–H groups in total. The van der Waals surface area contributed by atoms with Gasteiger partial charge in [-0.25, -0.2) is 18.2 Å². The highest BCUT2D eigenvalue weighted by Crippen LogP contribution is 2.42. The van der Waals surface area contributed by atoms with Gasteiger partial charge in [-0.15, -0.1) is 0 Å². The molecule has 0 unspecified atom stereocenters. The maximum atomic E-state index is 17.0. The number of methoxy groups -OCH3 is 1. The van der Waals surface area contributed by atoms with E-state index in [1.54, 1.807) is 24.4 Å². The molecule has 0 saturated carbocycles. The van der Waals surface area contributed by atoms with Crippen molar-refractivity contribution >= 4 is 38.5 Å². The summed E-state index contributed by atoms with van der Waals surface area (Å²) in [5.41, 5.74) is 1.96. The van der Waals surface area contributed by atoms with E-state index in [1.165, 1.54) is 19.4 Å². The second-order valence-electron chi connectivity index (χ2n) is 13.0. The fourth-order valence-electron chi connectivity index (χ4n) is 7.64. The first-order chi connectivity index (χ1) is 24.4. The van der Waals surface area contributed by atoms with Crippen LogP contribution in [0, 0.1) is 11.6 Å². The third-order valence-electron chi connectivity index (χ3n) is 9.97. The van der Waals surface area contributed by atoms with Crippen molar-refractivity contribution in [3.05, 3.63) is 77.8 Å². The molecule has 50 heavy (non-hydrogen) atoms. The molecule has 8 rings (SSSR count). The Bertz CT molecular complexity index is 2230. The van der Waals surface area contributed by atoms with Crippen LogP contribution in [0.25, 0.3) is 44.0 Å². The van der Waals surface area contributed by atoms with E-state index in [4.69, 9.17) is 14.2 Å². The molecular weight excluding hydrogens is 647 g/mol. The van der Waals surface area contributed by atoms with Gasteiger partial charge in [0.25, 0.3) is 0 Å². The first kappa shape index (κ1) is 32.2. The first-order valence-corrected chi connectivity index (χ1v) is 16.8. The summed E-state index contributed by atoms with van der Waals surface area (Å²) in [6.45, 7) is 3.51. The van der Waals surface area contributed by atoms with Crippen molar-refractivity contribution in [2.75, 3.05) is 38.9 Å². The minimum Gasteiger partial charge on any atom is -0.468 e. The fraction of sp³-hybridized carbons (Fsp3) is 0.351. The Morgan fingerprint density at radius 3 is 2.86 bits per heavy atom. The first-order valence-electron chi connectivity index (χ1n) is 16.8. The number of H-pyrrole nitrogens is 1. The van der Waals surface area contributed by atoms with Gasteiger partial charge >= 0.3 is 6.01 Å². The molecule has 10 nitrogen and oxygen atoms in total. The molecule has 2 aliphatic rings. The van der Waals surface area contributed by atoms with Crippen molar-refractivity contribution in [1.82, 2.24) is 29.8 Å². The van der Waals surface area contributed by atoms with Gasteiger partial charge in [-0.2, -0.15) is 9.97 Å². The van der Waals surface area contributed by atoms with Gasteiger partial charge in [0.15, 0.2) is 12.6 Å². The highest BCUT2D eigenvalue weighted by molar-refractivity contribution is 6.01. The van der Waals surface area contributed by atoms with Crippen molar-refractivity contribution < 1.29 is 27.4 Å². The predicted octanol–water partition coefficient (Wildman–Crippen LogP) is 7.11. The van der Waals surface area contributed by atoms with Crippen molar-refractivity contribution in [2.24, 2.45) is 0 Å². The Kier molecular flexibility index (Phi) is 8.39. The highest BCUT2D eigenvalue weighted by atomic mass is 19.1. The van der Waals surface area contributed by atoms with Crippen LogP contribution in [0.2, 0.25) is 0 Å². The number of benzene rings is 2. The molecule has 13 heteroatoms. The highest BCUT2D eigenvalue weighted by Gasteiger charge is 2.49. The summed E-state index contributed by atoms with van der Waals surface area (Å²) in [7, 11) is 1.50. The monoisotopic (exact) mass is 683 g/mol. The summed E-state index contributed by atoms with van der Waals surface area (Å²) in [4.78, 5) is 23.5. The van der Waals surface area contributed by atoms with Crippen LogP contribution in [-0.4, -0.2) is 75.1 Å². The number of fused-ring (bicyclic) bond motifs is 4. The molecule has 2 saturated heterocycles. The zero-order valence-corrected chi connectivity index (χ0v) is 27.7. The second-order valence-corrected chi connectivity index (χ2v) is 13.0. The molecule has 2 atom stereocenters. The van der Waals surface area contributed by atoms with Gasteiger partial charge in [-0.1, -0.05) is 13.0 Å². The van der Waals surface area contributed by atoms with E-state index in [2.05, 4.69) is 35.1 Å². The van der Waals surface area contributed by atoms with Crippen LogP contribution >= 0.6 is 0 Å². The maximum Gasteiger partial charge on any atom is 0.319 e. The number of aromatic nitrogens is 5.